The molecule has 4 rings (SSSR count). The molecule has 1 fully saturated rings. The van der Waals surface area contributed by atoms with Crippen LogP contribution in [0.3, 0.4) is 0 Å². The van der Waals surface area contributed by atoms with E-state index >= 15 is 0 Å². The van der Waals surface area contributed by atoms with Gasteiger partial charge in [-0.2, -0.15) is 0 Å². The minimum atomic E-state index is -1.56. The van der Waals surface area contributed by atoms with E-state index in [-0.39, 0.29) is 0 Å². The van der Waals surface area contributed by atoms with Crippen LogP contribution in [0.5, 0.6) is 0 Å². The number of rotatable bonds is 6. The molecule has 0 spiro atoms. The molecule has 1 aliphatic rings. The van der Waals surface area contributed by atoms with Gasteiger partial charge < -0.3 is 24.6 Å². The summed E-state index contributed by atoms with van der Waals surface area (Å²) in [6, 6.07) is 13.1. The van der Waals surface area contributed by atoms with Crippen molar-refractivity contribution in [3.8, 4) is 0 Å². The van der Waals surface area contributed by atoms with Crippen molar-refractivity contribution in [2.75, 3.05) is 26.6 Å². The predicted molar refractivity (Wildman–Crippen MR) is 107 cm³/mol. The number of aliphatic hydroxyl groups is 1. The third-order valence-corrected chi connectivity index (χ3v) is 5.90. The average molecular weight is 398 g/mol. The second kappa shape index (κ2) is 7.38. The molecule has 2 atom stereocenters. The molecule has 0 amide bonds. The lowest BCUT2D eigenvalue weighted by Crippen LogP contribution is -2.72. The Hall–Kier alpha value is -2.52. The molecule has 0 bridgehead atoms. The molecule has 154 valence electrons. The van der Waals surface area contributed by atoms with E-state index in [2.05, 4.69) is 15.4 Å². The topological polar surface area (TPSA) is 90.1 Å². The molecule has 2 unspecified atom stereocenters. The summed E-state index contributed by atoms with van der Waals surface area (Å²) >= 11 is 0. The molecule has 1 aromatic carbocycles. The number of hydrogen-bond acceptors (Lipinski definition) is 7. The van der Waals surface area contributed by atoms with Gasteiger partial charge in [0.1, 0.15) is 5.82 Å². The maximum atomic E-state index is 12.0. The molecule has 1 saturated carbocycles. The minimum Gasteiger partial charge on any atom is -0.368 e. The van der Waals surface area contributed by atoms with E-state index < -0.39 is 17.1 Å². The maximum absolute atomic E-state index is 12.0. The molecule has 29 heavy (non-hydrogen) atoms. The third kappa shape index (κ3) is 2.83. The van der Waals surface area contributed by atoms with Crippen LogP contribution in [-0.4, -0.2) is 52.5 Å². The van der Waals surface area contributed by atoms with Crippen LogP contribution in [0.25, 0.3) is 5.65 Å². The van der Waals surface area contributed by atoms with Crippen molar-refractivity contribution >= 4 is 11.5 Å². The van der Waals surface area contributed by atoms with Gasteiger partial charge in [0.2, 0.25) is 5.79 Å². The molecule has 8 heteroatoms. The fourth-order valence-electron chi connectivity index (χ4n) is 4.64. The van der Waals surface area contributed by atoms with Gasteiger partial charge in [-0.1, -0.05) is 30.3 Å². The van der Waals surface area contributed by atoms with Gasteiger partial charge in [-0.3, -0.25) is 0 Å². The number of nitrogens with zero attached hydrogens (tertiary/aromatic N) is 3. The number of imidazole rings is 1. The molecule has 2 N–H and O–H groups in total. The number of ether oxygens (including phenoxy) is 3. The van der Waals surface area contributed by atoms with Crippen molar-refractivity contribution in [2.45, 2.75) is 36.4 Å². The van der Waals surface area contributed by atoms with Crippen LogP contribution in [0, 0.1) is 0 Å². The van der Waals surface area contributed by atoms with E-state index in [4.69, 9.17) is 14.2 Å². The Morgan fingerprint density at radius 2 is 1.76 bits per heavy atom. The quantitative estimate of drug-likeness (QED) is 0.617. The first-order valence-corrected chi connectivity index (χ1v) is 9.56. The summed E-state index contributed by atoms with van der Waals surface area (Å²) in [5.74, 6) is -0.722. The Kier molecular flexibility index (Phi) is 5.04. The Morgan fingerprint density at radius 1 is 1.00 bits per heavy atom. The summed E-state index contributed by atoms with van der Waals surface area (Å²) in [5, 5.41) is 19.8. The molecule has 3 aromatic rings. The summed E-state index contributed by atoms with van der Waals surface area (Å²) in [7, 11) is 4.70. The summed E-state index contributed by atoms with van der Waals surface area (Å²) in [6.45, 7) is 0. The van der Waals surface area contributed by atoms with Crippen molar-refractivity contribution in [1.29, 1.82) is 0 Å². The first-order valence-electron chi connectivity index (χ1n) is 9.56. The zero-order valence-corrected chi connectivity index (χ0v) is 16.8. The normalized spacial score (nSPS) is 26.5. The number of nitrogens with one attached hydrogen (secondary N) is 1. The largest absolute Gasteiger partial charge is 0.368 e. The molecule has 0 radical (unpaired) electrons. The van der Waals surface area contributed by atoms with Crippen molar-refractivity contribution in [2.24, 2.45) is 0 Å². The van der Waals surface area contributed by atoms with E-state index in [1.54, 1.807) is 44.3 Å². The highest BCUT2D eigenvalue weighted by atomic mass is 16.7. The first kappa shape index (κ1) is 19.8. The monoisotopic (exact) mass is 398 g/mol. The van der Waals surface area contributed by atoms with Gasteiger partial charge in [0.15, 0.2) is 17.0 Å². The minimum absolute atomic E-state index is 0.411. The number of anilines is 1. The SMILES string of the molecule is COC1(OC)CCCC(O)(Nc2ccc3nccn3n2)C1(OC)c1ccccc1. The van der Waals surface area contributed by atoms with E-state index in [1.165, 1.54) is 0 Å². The molecule has 8 nitrogen and oxygen atoms in total. The third-order valence-electron chi connectivity index (χ3n) is 5.90. The smallest absolute Gasteiger partial charge is 0.206 e. The summed E-state index contributed by atoms with van der Waals surface area (Å²) in [5.41, 5.74) is -1.46. The van der Waals surface area contributed by atoms with Crippen LogP contribution in [0.2, 0.25) is 0 Å². The molecule has 2 heterocycles. The highest BCUT2D eigenvalue weighted by Crippen LogP contribution is 2.54. The first-order chi connectivity index (χ1) is 14.0. The summed E-state index contributed by atoms with van der Waals surface area (Å²) in [4.78, 5) is 4.21. The van der Waals surface area contributed by atoms with Gasteiger partial charge in [-0.05, 0) is 30.5 Å². The molecule has 0 aliphatic heterocycles. The maximum Gasteiger partial charge on any atom is 0.206 e. The van der Waals surface area contributed by atoms with Gasteiger partial charge in [0.25, 0.3) is 0 Å². The molecular formula is C21H26N4O4. The summed E-state index contributed by atoms with van der Waals surface area (Å²) < 4.78 is 19.6. The molecule has 1 aliphatic carbocycles. The van der Waals surface area contributed by atoms with Crippen molar-refractivity contribution < 1.29 is 19.3 Å². The van der Waals surface area contributed by atoms with Gasteiger partial charge in [0.05, 0.1) is 0 Å². The fraction of sp³-hybridized carbons (Fsp3) is 0.429. The van der Waals surface area contributed by atoms with Crippen LogP contribution < -0.4 is 5.32 Å². The van der Waals surface area contributed by atoms with E-state index in [0.29, 0.717) is 25.1 Å². The standard InChI is InChI=1S/C21H26N4O4/c1-27-20(28-2)13-7-12-19(26,21(20,29-3)16-8-5-4-6-9-16)23-17-10-11-18-22-14-15-25(18)24-17/h4-6,8-11,14-15,26H,7,12-13H2,1-3H3,(H,23,24). The lowest BCUT2D eigenvalue weighted by molar-refractivity contribution is -0.372. The Labute approximate surface area is 169 Å². The second-order valence-electron chi connectivity index (χ2n) is 7.20. The number of fused-ring (bicyclic) bond motifs is 1. The van der Waals surface area contributed by atoms with Crippen LogP contribution in [0.4, 0.5) is 5.82 Å². The number of aromatic nitrogens is 3. The second-order valence-corrected chi connectivity index (χ2v) is 7.20. The fourth-order valence-corrected chi connectivity index (χ4v) is 4.64. The van der Waals surface area contributed by atoms with Gasteiger partial charge >= 0.3 is 0 Å². The molecule has 0 saturated heterocycles. The Balaban J connectivity index is 1.88. The van der Waals surface area contributed by atoms with Crippen molar-refractivity contribution in [3.05, 3.63) is 60.4 Å². The van der Waals surface area contributed by atoms with Crippen LogP contribution in [0.15, 0.2) is 54.9 Å². The lowest BCUT2D eigenvalue weighted by Gasteiger charge is -2.58. The zero-order chi connectivity index (χ0) is 20.5. The molecule has 2 aromatic heterocycles. The van der Waals surface area contributed by atoms with Gasteiger partial charge in [-0.25, -0.2) is 9.50 Å². The van der Waals surface area contributed by atoms with Crippen LogP contribution in [-0.2, 0) is 19.8 Å². The van der Waals surface area contributed by atoms with Gasteiger partial charge in [0, 0.05) is 40.1 Å². The predicted octanol–water partition coefficient (Wildman–Crippen LogP) is 2.54. The highest BCUT2D eigenvalue weighted by Gasteiger charge is 2.68. The number of hydrogen-bond donors (Lipinski definition) is 2. The van der Waals surface area contributed by atoms with Gasteiger partial charge in [-0.15, -0.1) is 5.10 Å². The number of benzene rings is 1. The van der Waals surface area contributed by atoms with Crippen LogP contribution in [0.1, 0.15) is 24.8 Å². The summed E-state index contributed by atoms with van der Waals surface area (Å²) in [6.07, 6.45) is 5.05. The molecular weight excluding hydrogens is 372 g/mol. The Bertz CT molecular complexity index is 975. The Morgan fingerprint density at radius 3 is 2.45 bits per heavy atom. The number of methoxy groups -OCH3 is 3. The lowest BCUT2D eigenvalue weighted by atomic mass is 9.68. The average Bonchev–Trinajstić information content (AvgIpc) is 3.22. The van der Waals surface area contributed by atoms with Crippen molar-refractivity contribution in [3.63, 3.8) is 0 Å². The van der Waals surface area contributed by atoms with Crippen molar-refractivity contribution in [1.82, 2.24) is 14.6 Å². The van der Waals surface area contributed by atoms with E-state index in [1.807, 2.05) is 36.4 Å². The zero-order valence-electron chi connectivity index (χ0n) is 16.8. The highest BCUT2D eigenvalue weighted by molar-refractivity contribution is 5.47. The van der Waals surface area contributed by atoms with E-state index in [9.17, 15) is 5.11 Å². The van der Waals surface area contributed by atoms with E-state index in [0.717, 1.165) is 11.2 Å². The van der Waals surface area contributed by atoms with Crippen LogP contribution >= 0.6 is 0 Å².